The van der Waals surface area contributed by atoms with E-state index < -0.39 is 24.3 Å². The lowest BCUT2D eigenvalue weighted by Gasteiger charge is -2.31. The molecule has 0 spiro atoms. The number of likely N-dealkylation sites (tertiary alicyclic amines) is 2. The minimum atomic E-state index is -1.21. The second-order valence-corrected chi connectivity index (χ2v) is 16.8. The van der Waals surface area contributed by atoms with Crippen LogP contribution in [-0.4, -0.2) is 90.1 Å². The Morgan fingerprint density at radius 1 is 0.754 bits per heavy atom. The highest BCUT2D eigenvalue weighted by Crippen LogP contribution is 2.54. The molecule has 9 rings (SSSR count). The monoisotopic (exact) mass is 770 g/mol. The van der Waals surface area contributed by atoms with Crippen LogP contribution in [0.5, 0.6) is 0 Å². The Hall–Kier alpha value is -6.10. The number of hydrogen-bond donors (Lipinski definition) is 5. The number of carbonyl (C=O) groups excluding carboxylic acids is 3. The van der Waals surface area contributed by atoms with Gasteiger partial charge in [-0.25, -0.2) is 19.6 Å². The summed E-state index contributed by atoms with van der Waals surface area (Å²) >= 11 is 0. The Morgan fingerprint density at radius 3 is 1.95 bits per heavy atom. The summed E-state index contributed by atoms with van der Waals surface area (Å²) in [4.78, 5) is 71.7. The first kappa shape index (κ1) is 36.5. The normalized spacial score (nSPS) is 24.3. The zero-order chi connectivity index (χ0) is 39.9. The zero-order valence-electron chi connectivity index (χ0n) is 32.5. The minimum absolute atomic E-state index is 0.110. The first-order valence-electron chi connectivity index (χ1n) is 19.8. The van der Waals surface area contributed by atoms with E-state index in [9.17, 15) is 24.3 Å². The van der Waals surface area contributed by atoms with Gasteiger partial charge in [0.15, 0.2) is 0 Å². The number of nitrogens with one attached hydrogen (secondary N) is 4. The van der Waals surface area contributed by atoms with Gasteiger partial charge in [0.2, 0.25) is 11.8 Å². The van der Waals surface area contributed by atoms with Gasteiger partial charge in [0.1, 0.15) is 23.7 Å². The highest BCUT2D eigenvalue weighted by Gasteiger charge is 2.57. The second kappa shape index (κ2) is 13.8. The Kier molecular flexibility index (Phi) is 8.86. The summed E-state index contributed by atoms with van der Waals surface area (Å²) in [6.45, 7) is 7.53. The van der Waals surface area contributed by atoms with Crippen LogP contribution in [0.15, 0.2) is 48.5 Å². The van der Waals surface area contributed by atoms with Crippen molar-refractivity contribution in [3.8, 4) is 11.8 Å². The van der Waals surface area contributed by atoms with Gasteiger partial charge in [-0.05, 0) is 91.1 Å². The number of nitrogens with zero attached hydrogens (tertiary/aromatic N) is 4. The van der Waals surface area contributed by atoms with E-state index in [1.54, 1.807) is 0 Å². The summed E-state index contributed by atoms with van der Waals surface area (Å²) in [5, 5.41) is 16.6. The maximum Gasteiger partial charge on any atom is 0.407 e. The molecule has 294 valence electrons. The number of rotatable bonds is 8. The summed E-state index contributed by atoms with van der Waals surface area (Å²) < 4.78 is 4.81. The molecule has 4 heterocycles. The van der Waals surface area contributed by atoms with Crippen molar-refractivity contribution in [2.75, 3.05) is 7.11 Å². The van der Waals surface area contributed by atoms with Gasteiger partial charge in [-0.3, -0.25) is 9.59 Å². The predicted octanol–water partition coefficient (Wildman–Crippen LogP) is 5.99. The molecule has 5 N–H and O–H groups in total. The van der Waals surface area contributed by atoms with Gasteiger partial charge in [-0.1, -0.05) is 51.7 Å². The van der Waals surface area contributed by atoms with Crippen LogP contribution in [0, 0.1) is 35.5 Å². The number of H-pyrrole nitrogens is 2. The highest BCUT2D eigenvalue weighted by molar-refractivity contribution is 6.04. The van der Waals surface area contributed by atoms with Gasteiger partial charge in [0, 0.05) is 28.6 Å². The SMILES string of the molecule is COC(=O)N[C@H](C(=O)N1[C@@H]2C[C@H]2C[C@H]1c1nc2ccc3cc(C#Cc4ccc5[nH]c([C@@H]6C[C@H]7C[C@H]7N6C(=O)[C@@H](NC(=O)O)C(C)C)nc5c4)ccc3c2[nH]1)C(C)C. The van der Waals surface area contributed by atoms with Crippen molar-refractivity contribution in [2.45, 2.75) is 89.6 Å². The van der Waals surface area contributed by atoms with Gasteiger partial charge >= 0.3 is 12.2 Å². The summed E-state index contributed by atoms with van der Waals surface area (Å²) in [6, 6.07) is 14.3. The molecule has 4 amide bonds. The van der Waals surface area contributed by atoms with Crippen LogP contribution in [0.1, 0.15) is 88.2 Å². The molecule has 2 saturated carbocycles. The van der Waals surface area contributed by atoms with E-state index >= 15 is 0 Å². The van der Waals surface area contributed by atoms with Crippen LogP contribution in [0.3, 0.4) is 0 Å². The number of aromatic amines is 2. The molecule has 2 aliphatic heterocycles. The number of amides is 4. The van der Waals surface area contributed by atoms with Gasteiger partial charge < -0.3 is 40.2 Å². The van der Waals surface area contributed by atoms with Crippen LogP contribution in [0.4, 0.5) is 9.59 Å². The first-order valence-corrected chi connectivity index (χ1v) is 19.8. The van der Waals surface area contributed by atoms with Crippen LogP contribution < -0.4 is 10.6 Å². The number of carbonyl (C=O) groups is 4. The Labute approximate surface area is 329 Å². The van der Waals surface area contributed by atoms with E-state index in [0.29, 0.717) is 17.7 Å². The fraction of sp³-hybridized carbons (Fsp3) is 0.442. The summed E-state index contributed by atoms with van der Waals surface area (Å²) in [7, 11) is 1.30. The topological polar surface area (TPSA) is 186 Å². The third kappa shape index (κ3) is 6.58. The van der Waals surface area contributed by atoms with Gasteiger partial charge in [-0.15, -0.1) is 0 Å². The molecule has 4 fully saturated rings. The van der Waals surface area contributed by atoms with E-state index in [0.717, 1.165) is 75.5 Å². The highest BCUT2D eigenvalue weighted by atomic mass is 16.5. The molecule has 14 heteroatoms. The predicted molar refractivity (Wildman–Crippen MR) is 212 cm³/mol. The van der Waals surface area contributed by atoms with Crippen LogP contribution in [0.2, 0.25) is 0 Å². The Morgan fingerprint density at radius 2 is 1.33 bits per heavy atom. The average Bonchev–Trinajstić information content (AvgIpc) is 3.84. The lowest BCUT2D eigenvalue weighted by atomic mass is 10.0. The van der Waals surface area contributed by atoms with Crippen molar-refractivity contribution in [2.24, 2.45) is 23.7 Å². The summed E-state index contributed by atoms with van der Waals surface area (Å²) in [6.07, 6.45) is 1.69. The van der Waals surface area contributed by atoms with Crippen LogP contribution in [0.25, 0.3) is 32.8 Å². The number of methoxy groups -OCH3 is 1. The molecule has 2 aromatic heterocycles. The molecular weight excluding hydrogens is 725 g/mol. The Bertz CT molecular complexity index is 2530. The average molecular weight is 771 g/mol. The number of piperidine rings is 2. The lowest BCUT2D eigenvalue weighted by Crippen LogP contribution is -2.52. The van der Waals surface area contributed by atoms with Gasteiger partial charge in [-0.2, -0.15) is 0 Å². The Balaban J connectivity index is 0.939. The number of carboxylic acid groups (broad SMARTS) is 1. The fourth-order valence-electron chi connectivity index (χ4n) is 9.17. The van der Waals surface area contributed by atoms with Crippen molar-refractivity contribution in [3.63, 3.8) is 0 Å². The molecule has 14 nitrogen and oxygen atoms in total. The molecule has 57 heavy (non-hydrogen) atoms. The van der Waals surface area contributed by atoms with Crippen molar-refractivity contribution in [1.29, 1.82) is 0 Å². The number of fused-ring (bicyclic) bond motifs is 6. The quantitative estimate of drug-likeness (QED) is 0.119. The van der Waals surface area contributed by atoms with Crippen molar-refractivity contribution < 1.29 is 29.0 Å². The molecule has 0 bridgehead atoms. The first-order chi connectivity index (χ1) is 27.4. The number of hydrogen-bond acceptors (Lipinski definition) is 7. The van der Waals surface area contributed by atoms with E-state index in [4.69, 9.17) is 14.7 Å². The van der Waals surface area contributed by atoms with Crippen LogP contribution in [-0.2, 0) is 14.3 Å². The fourth-order valence-corrected chi connectivity index (χ4v) is 9.17. The van der Waals surface area contributed by atoms with Crippen molar-refractivity contribution in [3.05, 3.63) is 71.3 Å². The minimum Gasteiger partial charge on any atom is -0.465 e. The molecule has 0 unspecified atom stereocenters. The van der Waals surface area contributed by atoms with Gasteiger partial charge in [0.05, 0.1) is 41.3 Å². The smallest absolute Gasteiger partial charge is 0.407 e. The van der Waals surface area contributed by atoms with E-state index in [-0.39, 0.29) is 47.8 Å². The molecule has 5 aromatic rings. The van der Waals surface area contributed by atoms with E-state index in [2.05, 4.69) is 38.5 Å². The number of aromatic nitrogens is 4. The van der Waals surface area contributed by atoms with E-state index in [1.807, 2.05) is 80.0 Å². The molecular formula is C43H46N8O6. The number of ether oxygens (including phenoxy) is 1. The van der Waals surface area contributed by atoms with Crippen molar-refractivity contribution >= 4 is 56.8 Å². The molecule has 0 radical (unpaired) electrons. The maximum absolute atomic E-state index is 13.9. The largest absolute Gasteiger partial charge is 0.465 e. The lowest BCUT2D eigenvalue weighted by molar-refractivity contribution is -0.137. The third-order valence-electron chi connectivity index (χ3n) is 12.3. The third-order valence-corrected chi connectivity index (χ3v) is 12.3. The van der Waals surface area contributed by atoms with Crippen molar-refractivity contribution in [1.82, 2.24) is 40.4 Å². The molecule has 2 saturated heterocycles. The van der Waals surface area contributed by atoms with Crippen LogP contribution >= 0.6 is 0 Å². The zero-order valence-corrected chi connectivity index (χ0v) is 32.5. The van der Waals surface area contributed by atoms with Gasteiger partial charge in [0.25, 0.3) is 0 Å². The molecule has 3 aromatic carbocycles. The standard InChI is InChI=1S/C43H46N8O6/c1-20(2)35(48-42(54)55)40(52)50-31-16-25(31)18-33(50)38-44-28-12-9-23(15-30(28)46-38)7-6-22-8-11-27-24(14-22)10-13-29-37(27)47-39(45-29)34-19-26-17-32(26)51(34)41(53)36(21(3)4)49-43(56)57-5/h8-15,20-21,25-26,31-36,48H,16-19H2,1-5H3,(H,44,46)(H,45,47)(H,49,56)(H,54,55)/t25-,26+,31-,32-,33+,34+,35+,36+/m1/s1. The number of imidazole rings is 2. The summed E-state index contributed by atoms with van der Waals surface area (Å²) in [5.41, 5.74) is 4.98. The maximum atomic E-state index is 13.9. The molecule has 8 atom stereocenters. The molecule has 4 aliphatic rings. The second-order valence-electron chi connectivity index (χ2n) is 16.8. The number of benzene rings is 3. The summed E-state index contributed by atoms with van der Waals surface area (Å²) in [5.74, 6) is 8.28. The van der Waals surface area contributed by atoms with E-state index in [1.165, 1.54) is 7.11 Å². The number of alkyl carbamates (subject to hydrolysis) is 1. The molecule has 2 aliphatic carbocycles.